The van der Waals surface area contributed by atoms with E-state index in [1.54, 1.807) is 19.1 Å². The highest BCUT2D eigenvalue weighted by Crippen LogP contribution is 2.26. The summed E-state index contributed by atoms with van der Waals surface area (Å²) in [6, 6.07) is 3.27. The molecule has 1 heterocycles. The van der Waals surface area contributed by atoms with Crippen molar-refractivity contribution in [1.82, 2.24) is 4.98 Å². The molecule has 1 aromatic rings. The van der Waals surface area contributed by atoms with Gasteiger partial charge in [0.1, 0.15) is 0 Å². The van der Waals surface area contributed by atoms with Crippen molar-refractivity contribution in [3.8, 4) is 5.75 Å². The molecule has 0 saturated carbocycles. The average molecular weight is 292 g/mol. The molecule has 0 radical (unpaired) electrons. The van der Waals surface area contributed by atoms with Gasteiger partial charge in [-0.2, -0.15) is 0 Å². The lowest BCUT2D eigenvalue weighted by molar-refractivity contribution is 0.234. The van der Waals surface area contributed by atoms with E-state index in [2.05, 4.69) is 4.98 Å². The molecule has 0 fully saturated rings. The van der Waals surface area contributed by atoms with Gasteiger partial charge >= 0.3 is 0 Å². The van der Waals surface area contributed by atoms with E-state index >= 15 is 0 Å². The minimum absolute atomic E-state index is 0.00341. The van der Waals surface area contributed by atoms with Crippen molar-refractivity contribution < 1.29 is 13.2 Å². The van der Waals surface area contributed by atoms with E-state index in [0.29, 0.717) is 18.1 Å². The van der Waals surface area contributed by atoms with Crippen molar-refractivity contribution >= 4 is 21.4 Å². The summed E-state index contributed by atoms with van der Waals surface area (Å²) >= 11 is 5.60. The first-order valence-corrected chi connectivity index (χ1v) is 7.89. The van der Waals surface area contributed by atoms with Gasteiger partial charge in [-0.05, 0) is 39.3 Å². The molecule has 0 N–H and O–H groups in total. The van der Waals surface area contributed by atoms with E-state index in [1.807, 2.05) is 13.8 Å². The maximum Gasteiger partial charge on any atom is 0.201 e. The summed E-state index contributed by atoms with van der Waals surface area (Å²) in [4.78, 5) is 3.95. The van der Waals surface area contributed by atoms with Crippen molar-refractivity contribution in [1.29, 1.82) is 0 Å². The molecule has 0 aliphatic heterocycles. The van der Waals surface area contributed by atoms with Crippen LogP contribution in [0.25, 0.3) is 0 Å². The zero-order chi connectivity index (χ0) is 13.8. The topological polar surface area (TPSA) is 56.3 Å². The summed E-state index contributed by atoms with van der Waals surface area (Å²) in [5.74, 6) is 0.599. The Balaban J connectivity index is 3.15. The number of ether oxygens (including phenoxy) is 1. The number of nitrogens with zero attached hydrogens (tertiary/aromatic N) is 1. The van der Waals surface area contributed by atoms with Crippen LogP contribution < -0.4 is 4.74 Å². The predicted octanol–water partition coefficient (Wildman–Crippen LogP) is 2.66. The highest BCUT2D eigenvalue weighted by Gasteiger charge is 2.28. The highest BCUT2D eigenvalue weighted by molar-refractivity contribution is 7.92. The number of aromatic nitrogens is 1. The summed E-state index contributed by atoms with van der Waals surface area (Å²) in [6.07, 6.45) is 1.74. The number of alkyl halides is 1. The fraction of sp³-hybridized carbons (Fsp3) is 0.583. The molecule has 0 aromatic carbocycles. The summed E-state index contributed by atoms with van der Waals surface area (Å²) in [6.45, 7) is 5.31. The van der Waals surface area contributed by atoms with Crippen molar-refractivity contribution in [3.63, 3.8) is 0 Å². The Kier molecular flexibility index (Phi) is 5.41. The van der Waals surface area contributed by atoms with E-state index in [-0.39, 0.29) is 11.1 Å². The molecular formula is C12H18ClNO3S. The van der Waals surface area contributed by atoms with Crippen LogP contribution in [0.2, 0.25) is 0 Å². The number of halogens is 1. The number of rotatable bonds is 6. The van der Waals surface area contributed by atoms with Gasteiger partial charge in [-0.25, -0.2) is 13.4 Å². The fourth-order valence-electron chi connectivity index (χ4n) is 1.43. The largest absolute Gasteiger partial charge is 0.488 e. The van der Waals surface area contributed by atoms with Crippen LogP contribution in [0.4, 0.5) is 0 Å². The predicted molar refractivity (Wildman–Crippen MR) is 72.0 cm³/mol. The van der Waals surface area contributed by atoms with Gasteiger partial charge in [0.25, 0.3) is 0 Å². The van der Waals surface area contributed by atoms with Crippen LogP contribution in [0, 0.1) is 0 Å². The Labute approximate surface area is 113 Å². The van der Waals surface area contributed by atoms with Crippen molar-refractivity contribution in [3.05, 3.63) is 18.3 Å². The van der Waals surface area contributed by atoms with Crippen molar-refractivity contribution in [2.75, 3.05) is 5.88 Å². The van der Waals surface area contributed by atoms with Crippen LogP contribution in [0.5, 0.6) is 5.75 Å². The number of pyridine rings is 1. The van der Waals surface area contributed by atoms with Crippen molar-refractivity contribution in [2.45, 2.75) is 43.6 Å². The number of hydrogen-bond donors (Lipinski definition) is 0. The summed E-state index contributed by atoms with van der Waals surface area (Å²) in [5.41, 5.74) is 0. The van der Waals surface area contributed by atoms with Crippen molar-refractivity contribution in [2.24, 2.45) is 0 Å². The molecule has 0 amide bonds. The molecular weight excluding hydrogens is 274 g/mol. The van der Waals surface area contributed by atoms with Gasteiger partial charge in [0.05, 0.1) is 11.4 Å². The van der Waals surface area contributed by atoms with E-state index in [0.717, 1.165) is 0 Å². The van der Waals surface area contributed by atoms with E-state index in [1.165, 1.54) is 6.20 Å². The lowest BCUT2D eigenvalue weighted by Crippen LogP contribution is -2.21. The first-order chi connectivity index (χ1) is 8.39. The maximum absolute atomic E-state index is 12.3. The van der Waals surface area contributed by atoms with E-state index < -0.39 is 15.1 Å². The molecule has 102 valence electrons. The Morgan fingerprint density at radius 1 is 1.39 bits per heavy atom. The van der Waals surface area contributed by atoms with Crippen LogP contribution in [-0.4, -0.2) is 30.6 Å². The molecule has 18 heavy (non-hydrogen) atoms. The third-order valence-electron chi connectivity index (χ3n) is 2.41. The van der Waals surface area contributed by atoms with Crippen LogP contribution >= 0.6 is 11.6 Å². The summed E-state index contributed by atoms with van der Waals surface area (Å²) < 4.78 is 30.1. The molecule has 0 saturated heterocycles. The molecule has 1 rings (SSSR count). The monoisotopic (exact) mass is 291 g/mol. The Morgan fingerprint density at radius 3 is 2.61 bits per heavy atom. The second-order valence-corrected chi connectivity index (χ2v) is 6.97. The lowest BCUT2D eigenvalue weighted by atomic mass is 10.4. The van der Waals surface area contributed by atoms with Crippen LogP contribution in [0.15, 0.2) is 23.4 Å². The number of hydrogen-bond acceptors (Lipinski definition) is 4. The Hall–Kier alpha value is -0.810. The minimum Gasteiger partial charge on any atom is -0.488 e. The quantitative estimate of drug-likeness (QED) is 0.756. The second-order valence-electron chi connectivity index (χ2n) is 4.31. The maximum atomic E-state index is 12.3. The van der Waals surface area contributed by atoms with Gasteiger partial charge < -0.3 is 4.74 Å². The molecule has 0 aliphatic rings. The Bertz CT molecular complexity index is 488. The standard InChI is InChI=1S/C12H18ClNO3S/c1-9(2)17-11-5-4-8-14-12(11)18(15,16)10(3)6-7-13/h4-5,8-10H,6-7H2,1-3H3. The van der Waals surface area contributed by atoms with Gasteiger partial charge in [-0.3, -0.25) is 0 Å². The van der Waals surface area contributed by atoms with Gasteiger partial charge in [-0.1, -0.05) is 0 Å². The third kappa shape index (κ3) is 3.59. The second kappa shape index (κ2) is 6.38. The molecule has 0 bridgehead atoms. The summed E-state index contributed by atoms with van der Waals surface area (Å²) in [7, 11) is -3.50. The van der Waals surface area contributed by atoms with E-state index in [9.17, 15) is 8.42 Å². The van der Waals surface area contributed by atoms with Gasteiger partial charge in [0.2, 0.25) is 9.84 Å². The highest BCUT2D eigenvalue weighted by atomic mass is 35.5. The van der Waals surface area contributed by atoms with E-state index in [4.69, 9.17) is 16.3 Å². The van der Waals surface area contributed by atoms with Gasteiger partial charge in [-0.15, -0.1) is 11.6 Å². The third-order valence-corrected chi connectivity index (χ3v) is 4.77. The van der Waals surface area contributed by atoms with Gasteiger partial charge in [0, 0.05) is 12.1 Å². The Morgan fingerprint density at radius 2 is 2.06 bits per heavy atom. The zero-order valence-corrected chi connectivity index (χ0v) is 12.3. The summed E-state index contributed by atoms with van der Waals surface area (Å²) in [5, 5.41) is -0.573. The molecule has 1 aromatic heterocycles. The first kappa shape index (κ1) is 15.2. The molecule has 0 spiro atoms. The van der Waals surface area contributed by atoms with Gasteiger partial charge in [0.15, 0.2) is 10.8 Å². The van der Waals surface area contributed by atoms with Crippen LogP contribution in [0.1, 0.15) is 27.2 Å². The SMILES string of the molecule is CC(C)Oc1cccnc1S(=O)(=O)C(C)CCCl. The molecule has 1 atom stereocenters. The smallest absolute Gasteiger partial charge is 0.201 e. The molecule has 0 aliphatic carbocycles. The molecule has 6 heteroatoms. The van der Waals surface area contributed by atoms with Crippen LogP contribution in [-0.2, 0) is 9.84 Å². The van der Waals surface area contributed by atoms with Crippen LogP contribution in [0.3, 0.4) is 0 Å². The first-order valence-electron chi connectivity index (χ1n) is 5.81. The fourth-order valence-corrected chi connectivity index (χ4v) is 3.30. The molecule has 1 unspecified atom stereocenters. The lowest BCUT2D eigenvalue weighted by Gasteiger charge is -2.16. The zero-order valence-electron chi connectivity index (χ0n) is 10.8. The minimum atomic E-state index is -3.50. The normalized spacial score (nSPS) is 13.6. The number of sulfone groups is 1. The average Bonchev–Trinajstić information content (AvgIpc) is 2.29. The molecule has 4 nitrogen and oxygen atoms in total.